The SMILES string of the molecule is Cc1nc(SCC(=O)NC2CCCC2)c2c3c(sc2n1)C[C@@H](C)CC3. The lowest BCUT2D eigenvalue weighted by Crippen LogP contribution is -2.33. The van der Waals surface area contributed by atoms with Crippen LogP contribution in [0, 0.1) is 12.8 Å². The van der Waals surface area contributed by atoms with E-state index in [0.29, 0.717) is 11.8 Å². The van der Waals surface area contributed by atoms with E-state index in [4.69, 9.17) is 0 Å². The number of carbonyl (C=O) groups excluding carboxylic acids is 1. The summed E-state index contributed by atoms with van der Waals surface area (Å²) in [4.78, 5) is 24.2. The van der Waals surface area contributed by atoms with Crippen LogP contribution >= 0.6 is 23.1 Å². The number of rotatable bonds is 4. The lowest BCUT2D eigenvalue weighted by molar-refractivity contribution is -0.119. The quantitative estimate of drug-likeness (QED) is 0.640. The van der Waals surface area contributed by atoms with Crippen molar-refractivity contribution in [2.24, 2.45) is 5.92 Å². The van der Waals surface area contributed by atoms with Gasteiger partial charge in [0.25, 0.3) is 0 Å². The zero-order valence-corrected chi connectivity index (χ0v) is 16.6. The Kier molecular flexibility index (Phi) is 5.00. The van der Waals surface area contributed by atoms with E-state index < -0.39 is 0 Å². The van der Waals surface area contributed by atoms with Gasteiger partial charge in [0.05, 0.1) is 5.75 Å². The fourth-order valence-electron chi connectivity index (χ4n) is 3.99. The number of fused-ring (bicyclic) bond motifs is 3. The van der Waals surface area contributed by atoms with Gasteiger partial charge in [-0.05, 0) is 50.5 Å². The minimum Gasteiger partial charge on any atom is -0.353 e. The number of carbonyl (C=O) groups is 1. The van der Waals surface area contributed by atoms with E-state index in [-0.39, 0.29) is 5.91 Å². The first kappa shape index (κ1) is 17.3. The summed E-state index contributed by atoms with van der Waals surface area (Å²) in [5, 5.41) is 5.39. The summed E-state index contributed by atoms with van der Waals surface area (Å²) < 4.78 is 0. The predicted molar refractivity (Wildman–Crippen MR) is 104 cm³/mol. The average molecular weight is 376 g/mol. The summed E-state index contributed by atoms with van der Waals surface area (Å²) in [6, 6.07) is 0.385. The molecule has 1 N–H and O–H groups in total. The molecule has 2 aromatic heterocycles. The molecule has 4 rings (SSSR count). The summed E-state index contributed by atoms with van der Waals surface area (Å²) in [7, 11) is 0. The lowest BCUT2D eigenvalue weighted by Gasteiger charge is -2.18. The zero-order valence-electron chi connectivity index (χ0n) is 14.9. The lowest BCUT2D eigenvalue weighted by atomic mass is 9.89. The molecule has 134 valence electrons. The van der Waals surface area contributed by atoms with E-state index in [9.17, 15) is 4.79 Å². The average Bonchev–Trinajstić information content (AvgIpc) is 3.18. The molecule has 2 heterocycles. The number of nitrogens with one attached hydrogen (secondary N) is 1. The number of thiophene rings is 1. The van der Waals surface area contributed by atoms with Crippen molar-refractivity contribution in [3.63, 3.8) is 0 Å². The van der Waals surface area contributed by atoms with Crippen molar-refractivity contribution in [2.75, 3.05) is 5.75 Å². The van der Waals surface area contributed by atoms with Crippen LogP contribution in [0.4, 0.5) is 0 Å². The van der Waals surface area contributed by atoms with Crippen molar-refractivity contribution < 1.29 is 4.79 Å². The zero-order chi connectivity index (χ0) is 17.4. The fraction of sp³-hybridized carbons (Fsp3) is 0.632. The van der Waals surface area contributed by atoms with Gasteiger partial charge in [-0.3, -0.25) is 4.79 Å². The van der Waals surface area contributed by atoms with Gasteiger partial charge in [-0.15, -0.1) is 11.3 Å². The van der Waals surface area contributed by atoms with Gasteiger partial charge in [0, 0.05) is 16.3 Å². The van der Waals surface area contributed by atoms with Crippen LogP contribution in [0.5, 0.6) is 0 Å². The van der Waals surface area contributed by atoms with Gasteiger partial charge >= 0.3 is 0 Å². The normalized spacial score (nSPS) is 20.8. The van der Waals surface area contributed by atoms with Crippen LogP contribution in [0.3, 0.4) is 0 Å². The maximum absolute atomic E-state index is 12.3. The van der Waals surface area contributed by atoms with Crippen LogP contribution in [0.1, 0.15) is 55.3 Å². The van der Waals surface area contributed by atoms with E-state index in [2.05, 4.69) is 22.2 Å². The molecule has 2 aliphatic carbocycles. The Morgan fingerprint density at radius 3 is 2.88 bits per heavy atom. The molecular weight excluding hydrogens is 350 g/mol. The van der Waals surface area contributed by atoms with Crippen molar-refractivity contribution in [1.82, 2.24) is 15.3 Å². The first-order valence-corrected chi connectivity index (χ1v) is 11.1. The number of aryl methyl sites for hydroxylation is 2. The monoisotopic (exact) mass is 375 g/mol. The van der Waals surface area contributed by atoms with Gasteiger partial charge in [-0.2, -0.15) is 0 Å². The molecule has 6 heteroatoms. The maximum atomic E-state index is 12.3. The van der Waals surface area contributed by atoms with Gasteiger partial charge in [0.2, 0.25) is 5.91 Å². The van der Waals surface area contributed by atoms with Crippen molar-refractivity contribution >= 4 is 39.2 Å². The molecule has 2 aromatic rings. The summed E-state index contributed by atoms with van der Waals surface area (Å²) >= 11 is 3.40. The topological polar surface area (TPSA) is 54.9 Å². The minimum atomic E-state index is 0.138. The smallest absolute Gasteiger partial charge is 0.230 e. The molecule has 0 saturated heterocycles. The summed E-state index contributed by atoms with van der Waals surface area (Å²) in [5.74, 6) is 2.14. The molecule has 25 heavy (non-hydrogen) atoms. The molecule has 0 radical (unpaired) electrons. The standard InChI is InChI=1S/C19H25N3OS2/c1-11-7-8-14-15(9-11)25-19-17(14)18(20-12(2)21-19)24-10-16(23)22-13-5-3-4-6-13/h11,13H,3-10H2,1-2H3,(H,22,23)/t11-/m0/s1. The molecule has 0 aliphatic heterocycles. The van der Waals surface area contributed by atoms with Crippen LogP contribution in [0.25, 0.3) is 10.2 Å². The number of aromatic nitrogens is 2. The molecule has 4 nitrogen and oxygen atoms in total. The highest BCUT2D eigenvalue weighted by Gasteiger charge is 2.24. The Morgan fingerprint density at radius 1 is 1.28 bits per heavy atom. The fourth-order valence-corrected chi connectivity index (χ4v) is 6.39. The highest BCUT2D eigenvalue weighted by molar-refractivity contribution is 8.00. The number of hydrogen-bond acceptors (Lipinski definition) is 5. The van der Waals surface area contributed by atoms with Crippen molar-refractivity contribution in [3.8, 4) is 0 Å². The second-order valence-corrected chi connectivity index (χ2v) is 9.49. The van der Waals surface area contributed by atoms with Crippen LogP contribution in [0.15, 0.2) is 5.03 Å². The highest BCUT2D eigenvalue weighted by atomic mass is 32.2. The van der Waals surface area contributed by atoms with E-state index in [1.807, 2.05) is 18.3 Å². The van der Waals surface area contributed by atoms with Crippen molar-refractivity contribution in [2.45, 2.75) is 69.9 Å². The molecule has 1 saturated carbocycles. The number of amides is 1. The Balaban J connectivity index is 1.55. The van der Waals surface area contributed by atoms with E-state index >= 15 is 0 Å². The van der Waals surface area contributed by atoms with E-state index in [0.717, 1.165) is 47.3 Å². The Bertz CT molecular complexity index is 796. The molecule has 0 aromatic carbocycles. The third kappa shape index (κ3) is 3.70. The second-order valence-electron chi connectivity index (χ2n) is 7.45. The van der Waals surface area contributed by atoms with E-state index in [1.165, 1.54) is 35.1 Å². The molecule has 1 amide bonds. The van der Waals surface area contributed by atoms with Crippen molar-refractivity contribution in [1.29, 1.82) is 0 Å². The largest absolute Gasteiger partial charge is 0.353 e. The molecule has 0 spiro atoms. The molecule has 0 unspecified atom stereocenters. The van der Waals surface area contributed by atoms with E-state index in [1.54, 1.807) is 11.8 Å². The third-order valence-corrected chi connectivity index (χ3v) is 7.42. The summed E-state index contributed by atoms with van der Waals surface area (Å²) in [5.41, 5.74) is 1.44. The van der Waals surface area contributed by atoms with Gasteiger partial charge < -0.3 is 5.32 Å². The molecule has 2 aliphatic rings. The second kappa shape index (κ2) is 7.23. The van der Waals surface area contributed by atoms with Crippen LogP contribution in [-0.2, 0) is 17.6 Å². The van der Waals surface area contributed by atoms with Gasteiger partial charge in [-0.25, -0.2) is 9.97 Å². The molecule has 0 bridgehead atoms. The summed E-state index contributed by atoms with van der Waals surface area (Å²) in [6.07, 6.45) is 8.24. The van der Waals surface area contributed by atoms with Gasteiger partial charge in [-0.1, -0.05) is 31.5 Å². The van der Waals surface area contributed by atoms with Crippen molar-refractivity contribution in [3.05, 3.63) is 16.3 Å². The Labute approximate surface area is 157 Å². The van der Waals surface area contributed by atoms with Crippen LogP contribution in [0.2, 0.25) is 0 Å². The Morgan fingerprint density at radius 2 is 2.08 bits per heavy atom. The third-order valence-electron chi connectivity index (χ3n) is 5.29. The van der Waals surface area contributed by atoms with Gasteiger partial charge in [0.1, 0.15) is 15.7 Å². The molecule has 1 fully saturated rings. The maximum Gasteiger partial charge on any atom is 0.230 e. The van der Waals surface area contributed by atoms with Crippen LogP contribution in [-0.4, -0.2) is 27.7 Å². The molecular formula is C19H25N3OS2. The Hall–Kier alpha value is -1.14. The minimum absolute atomic E-state index is 0.138. The van der Waals surface area contributed by atoms with Crippen LogP contribution < -0.4 is 5.32 Å². The first-order chi connectivity index (χ1) is 12.1. The first-order valence-electron chi connectivity index (χ1n) is 9.31. The number of hydrogen-bond donors (Lipinski definition) is 1. The highest BCUT2D eigenvalue weighted by Crippen LogP contribution is 2.40. The predicted octanol–water partition coefficient (Wildman–Crippen LogP) is 4.28. The number of thioether (sulfide) groups is 1. The summed E-state index contributed by atoms with van der Waals surface area (Å²) in [6.45, 7) is 4.27. The number of nitrogens with zero attached hydrogens (tertiary/aromatic N) is 2. The molecule has 1 atom stereocenters. The van der Waals surface area contributed by atoms with Gasteiger partial charge in [0.15, 0.2) is 0 Å².